The summed E-state index contributed by atoms with van der Waals surface area (Å²) in [6, 6.07) is 0.516. The average Bonchev–Trinajstić information content (AvgIpc) is 2.84. The third-order valence-electron chi connectivity index (χ3n) is 4.57. The van der Waals surface area contributed by atoms with E-state index in [1.807, 2.05) is 11.8 Å². The highest BCUT2D eigenvalue weighted by molar-refractivity contribution is 14.0. The molecule has 21 heavy (non-hydrogen) atoms. The fourth-order valence-electron chi connectivity index (χ4n) is 2.92. The summed E-state index contributed by atoms with van der Waals surface area (Å²) < 4.78 is 0. The van der Waals surface area contributed by atoms with Crippen molar-refractivity contribution >= 4 is 41.7 Å². The molecule has 1 saturated heterocycles. The monoisotopic (exact) mass is 427 g/mol. The van der Waals surface area contributed by atoms with E-state index in [-0.39, 0.29) is 24.0 Å². The van der Waals surface area contributed by atoms with Crippen molar-refractivity contribution in [2.75, 3.05) is 25.1 Å². The van der Waals surface area contributed by atoms with E-state index >= 15 is 0 Å². The third kappa shape index (κ3) is 6.14. The Kier molecular flexibility index (Phi) is 7.60. The number of rotatable bonds is 3. The largest absolute Gasteiger partial charge is 0.387 e. The maximum Gasteiger partial charge on any atom is 0.191 e. The smallest absolute Gasteiger partial charge is 0.191 e. The van der Waals surface area contributed by atoms with Crippen LogP contribution in [0.5, 0.6) is 0 Å². The van der Waals surface area contributed by atoms with E-state index in [1.165, 1.54) is 25.7 Å². The van der Waals surface area contributed by atoms with Crippen LogP contribution in [0.2, 0.25) is 0 Å². The Morgan fingerprint density at radius 1 is 1.29 bits per heavy atom. The second-order valence-corrected chi connectivity index (χ2v) is 8.14. The van der Waals surface area contributed by atoms with Crippen LogP contribution in [-0.2, 0) is 0 Å². The Morgan fingerprint density at radius 2 is 1.95 bits per heavy atom. The van der Waals surface area contributed by atoms with Gasteiger partial charge in [-0.1, -0.05) is 13.8 Å². The molecule has 0 aromatic rings. The molecule has 0 aromatic carbocycles. The first-order valence-corrected chi connectivity index (χ1v) is 8.85. The van der Waals surface area contributed by atoms with Crippen molar-refractivity contribution < 1.29 is 5.11 Å². The zero-order chi connectivity index (χ0) is 14.6. The number of nitrogens with one attached hydrogen (secondary N) is 2. The molecule has 0 spiro atoms. The lowest BCUT2D eigenvalue weighted by atomic mass is 9.75. The molecule has 0 aromatic heterocycles. The molecule has 0 radical (unpaired) electrons. The van der Waals surface area contributed by atoms with Crippen LogP contribution in [0.15, 0.2) is 4.99 Å². The molecule has 1 aliphatic heterocycles. The summed E-state index contributed by atoms with van der Waals surface area (Å²) in [6.07, 6.45) is 5.81. The minimum absolute atomic E-state index is 0. The number of aliphatic imine (C=N–C) groups is 1. The molecule has 0 bridgehead atoms. The topological polar surface area (TPSA) is 56.7 Å². The van der Waals surface area contributed by atoms with Gasteiger partial charge in [0.15, 0.2) is 5.96 Å². The minimum Gasteiger partial charge on any atom is -0.387 e. The van der Waals surface area contributed by atoms with E-state index in [1.54, 1.807) is 7.05 Å². The molecule has 124 valence electrons. The number of guanidine groups is 1. The number of hydrogen-bond donors (Lipinski definition) is 3. The molecule has 1 aliphatic carbocycles. The fourth-order valence-corrected chi connectivity index (χ4v) is 4.21. The van der Waals surface area contributed by atoms with Gasteiger partial charge in [-0.3, -0.25) is 4.99 Å². The second-order valence-electron chi connectivity index (χ2n) is 7.04. The van der Waals surface area contributed by atoms with Gasteiger partial charge in [-0.2, -0.15) is 11.8 Å². The van der Waals surface area contributed by atoms with Crippen molar-refractivity contribution in [2.24, 2.45) is 10.4 Å². The fraction of sp³-hybridized carbons (Fsp3) is 0.933. The lowest BCUT2D eigenvalue weighted by molar-refractivity contribution is 0.0723. The highest BCUT2D eigenvalue weighted by atomic mass is 127. The Balaban J connectivity index is 0.00000220. The van der Waals surface area contributed by atoms with Crippen molar-refractivity contribution in [1.82, 2.24) is 10.6 Å². The maximum absolute atomic E-state index is 10.3. The molecule has 2 aliphatic rings. The quantitative estimate of drug-likeness (QED) is 0.368. The van der Waals surface area contributed by atoms with E-state index < -0.39 is 5.60 Å². The van der Waals surface area contributed by atoms with E-state index in [9.17, 15) is 5.11 Å². The Bertz CT molecular complexity index is 347. The van der Waals surface area contributed by atoms with Crippen LogP contribution in [0.1, 0.15) is 46.0 Å². The average molecular weight is 427 g/mol. The van der Waals surface area contributed by atoms with Gasteiger partial charge in [-0.15, -0.1) is 24.0 Å². The molecule has 2 fully saturated rings. The van der Waals surface area contributed by atoms with Gasteiger partial charge in [-0.05, 0) is 43.3 Å². The zero-order valence-corrected chi connectivity index (χ0v) is 16.6. The first-order chi connectivity index (χ1) is 9.42. The van der Waals surface area contributed by atoms with Crippen LogP contribution in [0.25, 0.3) is 0 Å². The zero-order valence-electron chi connectivity index (χ0n) is 13.4. The molecule has 2 rings (SSSR count). The summed E-state index contributed by atoms with van der Waals surface area (Å²) in [5, 5.41) is 17.1. The van der Waals surface area contributed by atoms with Crippen LogP contribution in [0.4, 0.5) is 0 Å². The van der Waals surface area contributed by atoms with Crippen molar-refractivity contribution in [2.45, 2.75) is 57.6 Å². The van der Waals surface area contributed by atoms with Crippen LogP contribution in [-0.4, -0.2) is 47.8 Å². The van der Waals surface area contributed by atoms with E-state index in [2.05, 4.69) is 29.5 Å². The van der Waals surface area contributed by atoms with Crippen LogP contribution >= 0.6 is 35.7 Å². The standard InChI is InChI=1S/C15H29N3OS.HI/c1-14(2)6-4-12(5-7-14)18-13(16-3)17-10-15(19)8-9-20-11-15;/h12,19H,4-11H2,1-3H3,(H2,16,17,18);1H. The number of hydrogen-bond acceptors (Lipinski definition) is 3. The lowest BCUT2D eigenvalue weighted by Crippen LogP contribution is -2.50. The SMILES string of the molecule is CN=C(NCC1(O)CCSC1)NC1CCC(C)(C)CC1.I. The van der Waals surface area contributed by atoms with Crippen LogP contribution in [0, 0.1) is 5.41 Å². The second kappa shape index (κ2) is 8.24. The molecule has 1 saturated carbocycles. The first-order valence-electron chi connectivity index (χ1n) is 7.70. The maximum atomic E-state index is 10.3. The van der Waals surface area contributed by atoms with Gasteiger partial charge in [0.25, 0.3) is 0 Å². The summed E-state index contributed by atoms with van der Waals surface area (Å²) in [6.45, 7) is 5.30. The minimum atomic E-state index is -0.559. The molecular weight excluding hydrogens is 397 g/mol. The van der Waals surface area contributed by atoms with Gasteiger partial charge in [-0.25, -0.2) is 0 Å². The number of halogens is 1. The molecule has 6 heteroatoms. The molecule has 1 heterocycles. The van der Waals surface area contributed by atoms with Gasteiger partial charge in [0.05, 0.1) is 5.60 Å². The number of thioether (sulfide) groups is 1. The molecule has 4 nitrogen and oxygen atoms in total. The van der Waals surface area contributed by atoms with E-state index in [0.717, 1.165) is 23.9 Å². The van der Waals surface area contributed by atoms with Crippen molar-refractivity contribution in [1.29, 1.82) is 0 Å². The molecule has 1 unspecified atom stereocenters. The van der Waals surface area contributed by atoms with Gasteiger partial charge < -0.3 is 15.7 Å². The highest BCUT2D eigenvalue weighted by Crippen LogP contribution is 2.35. The van der Waals surface area contributed by atoms with Gasteiger partial charge in [0, 0.05) is 25.4 Å². The summed E-state index contributed by atoms with van der Waals surface area (Å²) in [5.41, 5.74) is -0.0673. The van der Waals surface area contributed by atoms with Crippen LogP contribution in [0.3, 0.4) is 0 Å². The Morgan fingerprint density at radius 3 is 2.48 bits per heavy atom. The third-order valence-corrected chi connectivity index (χ3v) is 5.81. The van der Waals surface area contributed by atoms with E-state index in [0.29, 0.717) is 18.0 Å². The first kappa shape index (κ1) is 19.4. The van der Waals surface area contributed by atoms with Crippen LogP contribution < -0.4 is 10.6 Å². The molecule has 1 atom stereocenters. The normalized spacial score (nSPS) is 29.8. The highest BCUT2D eigenvalue weighted by Gasteiger charge is 2.32. The summed E-state index contributed by atoms with van der Waals surface area (Å²) in [4.78, 5) is 4.29. The number of aliphatic hydroxyl groups is 1. The predicted octanol–water partition coefficient (Wildman–Crippen LogP) is 2.61. The molecule has 3 N–H and O–H groups in total. The van der Waals surface area contributed by atoms with E-state index in [4.69, 9.17) is 0 Å². The van der Waals surface area contributed by atoms with Gasteiger partial charge in [0.2, 0.25) is 0 Å². The lowest BCUT2D eigenvalue weighted by Gasteiger charge is -2.35. The molecule has 0 amide bonds. The summed E-state index contributed by atoms with van der Waals surface area (Å²) in [5.74, 6) is 2.72. The summed E-state index contributed by atoms with van der Waals surface area (Å²) >= 11 is 1.83. The van der Waals surface area contributed by atoms with Crippen molar-refractivity contribution in [3.8, 4) is 0 Å². The van der Waals surface area contributed by atoms with Crippen molar-refractivity contribution in [3.63, 3.8) is 0 Å². The summed E-state index contributed by atoms with van der Waals surface area (Å²) in [7, 11) is 1.80. The van der Waals surface area contributed by atoms with Gasteiger partial charge >= 0.3 is 0 Å². The molecular formula is C15H30IN3OS. The Hall–Kier alpha value is 0.310. The predicted molar refractivity (Wildman–Crippen MR) is 103 cm³/mol. The van der Waals surface area contributed by atoms with Gasteiger partial charge in [0.1, 0.15) is 0 Å². The Labute approximate surface area is 150 Å². The van der Waals surface area contributed by atoms with Crippen molar-refractivity contribution in [3.05, 3.63) is 0 Å². The number of nitrogens with zero attached hydrogens (tertiary/aromatic N) is 1.